The van der Waals surface area contributed by atoms with Crippen LogP contribution in [0.1, 0.15) is 16.8 Å². The standard InChI is InChI=1S/C23H17F3N4O2S/c1-13-11-15(12-31-2)17-18(30-9-3-4-10-30)19(33-22(17)27-13)21-28-20(29-32-21)14-5-7-16(8-6-14)23(24,25)26/h3-11H,12H2,1-2H3. The van der Waals surface area contributed by atoms with E-state index in [0.717, 1.165) is 39.3 Å². The van der Waals surface area contributed by atoms with Gasteiger partial charge in [-0.15, -0.1) is 11.3 Å². The number of thiophene rings is 1. The fourth-order valence-electron chi connectivity index (χ4n) is 3.68. The highest BCUT2D eigenvalue weighted by atomic mass is 32.1. The fraction of sp³-hybridized carbons (Fsp3) is 0.174. The van der Waals surface area contributed by atoms with Crippen molar-refractivity contribution in [3.8, 4) is 27.8 Å². The van der Waals surface area contributed by atoms with Gasteiger partial charge in [0.05, 0.1) is 17.9 Å². The number of pyridine rings is 1. The lowest BCUT2D eigenvalue weighted by molar-refractivity contribution is -0.137. The van der Waals surface area contributed by atoms with Crippen molar-refractivity contribution in [2.24, 2.45) is 0 Å². The molecule has 0 saturated heterocycles. The molecule has 4 heterocycles. The molecule has 33 heavy (non-hydrogen) atoms. The van der Waals surface area contributed by atoms with Crippen molar-refractivity contribution in [2.45, 2.75) is 19.7 Å². The minimum absolute atomic E-state index is 0.205. The largest absolute Gasteiger partial charge is 0.416 e. The third-order valence-electron chi connectivity index (χ3n) is 5.10. The zero-order valence-electron chi connectivity index (χ0n) is 17.6. The summed E-state index contributed by atoms with van der Waals surface area (Å²) in [5.41, 5.74) is 2.37. The highest BCUT2D eigenvalue weighted by Crippen LogP contribution is 2.42. The average molecular weight is 470 g/mol. The molecule has 0 atom stereocenters. The maximum atomic E-state index is 12.9. The Bertz CT molecular complexity index is 1420. The highest BCUT2D eigenvalue weighted by molar-refractivity contribution is 7.22. The smallest absolute Gasteiger partial charge is 0.380 e. The van der Waals surface area contributed by atoms with E-state index in [2.05, 4.69) is 15.1 Å². The monoisotopic (exact) mass is 470 g/mol. The molecule has 0 radical (unpaired) electrons. The lowest BCUT2D eigenvalue weighted by Crippen LogP contribution is -2.04. The van der Waals surface area contributed by atoms with E-state index in [1.807, 2.05) is 42.1 Å². The number of aromatic nitrogens is 4. The van der Waals surface area contributed by atoms with Gasteiger partial charge in [-0.05, 0) is 42.8 Å². The van der Waals surface area contributed by atoms with E-state index in [9.17, 15) is 13.2 Å². The number of aryl methyl sites for hydroxylation is 1. The molecule has 0 aliphatic carbocycles. The Balaban J connectivity index is 1.65. The molecular formula is C23H17F3N4O2S. The number of rotatable bonds is 5. The van der Waals surface area contributed by atoms with Gasteiger partial charge in [0, 0.05) is 36.1 Å². The van der Waals surface area contributed by atoms with Gasteiger partial charge in [-0.3, -0.25) is 0 Å². The van der Waals surface area contributed by atoms with E-state index in [4.69, 9.17) is 9.26 Å². The van der Waals surface area contributed by atoms with Crippen LogP contribution >= 0.6 is 11.3 Å². The Labute approximate surface area is 190 Å². The summed E-state index contributed by atoms with van der Waals surface area (Å²) in [7, 11) is 1.64. The van der Waals surface area contributed by atoms with Crippen molar-refractivity contribution in [3.63, 3.8) is 0 Å². The summed E-state index contributed by atoms with van der Waals surface area (Å²) >= 11 is 1.41. The lowest BCUT2D eigenvalue weighted by Gasteiger charge is -2.08. The normalized spacial score (nSPS) is 12.0. The number of methoxy groups -OCH3 is 1. The third kappa shape index (κ3) is 3.91. The molecular weight excluding hydrogens is 453 g/mol. The van der Waals surface area contributed by atoms with Gasteiger partial charge >= 0.3 is 6.18 Å². The molecule has 5 rings (SSSR count). The molecule has 0 aliphatic rings. The first-order valence-corrected chi connectivity index (χ1v) is 10.7. The molecule has 10 heteroatoms. The maximum Gasteiger partial charge on any atom is 0.416 e. The molecule has 0 unspecified atom stereocenters. The number of fused-ring (bicyclic) bond motifs is 1. The number of ether oxygens (including phenoxy) is 1. The summed E-state index contributed by atoms with van der Waals surface area (Å²) in [4.78, 5) is 10.7. The molecule has 0 amide bonds. The van der Waals surface area contributed by atoms with Crippen molar-refractivity contribution >= 4 is 21.6 Å². The van der Waals surface area contributed by atoms with Crippen LogP contribution in [0.3, 0.4) is 0 Å². The molecule has 0 aliphatic heterocycles. The first kappa shape index (κ1) is 21.4. The van der Waals surface area contributed by atoms with Crippen molar-refractivity contribution < 1.29 is 22.4 Å². The number of benzene rings is 1. The average Bonchev–Trinajstić information content (AvgIpc) is 3.52. The van der Waals surface area contributed by atoms with Crippen LogP contribution in [-0.4, -0.2) is 26.8 Å². The van der Waals surface area contributed by atoms with Gasteiger partial charge in [0.25, 0.3) is 5.89 Å². The van der Waals surface area contributed by atoms with E-state index >= 15 is 0 Å². The molecule has 4 aromatic heterocycles. The summed E-state index contributed by atoms with van der Waals surface area (Å²) in [5.74, 6) is 0.466. The predicted molar refractivity (Wildman–Crippen MR) is 118 cm³/mol. The van der Waals surface area contributed by atoms with Crippen LogP contribution in [0.4, 0.5) is 13.2 Å². The second kappa shape index (κ2) is 8.13. The Morgan fingerprint density at radius 1 is 1.09 bits per heavy atom. The summed E-state index contributed by atoms with van der Waals surface area (Å²) in [6.45, 7) is 2.33. The van der Waals surface area contributed by atoms with Crippen LogP contribution in [0, 0.1) is 6.92 Å². The minimum Gasteiger partial charge on any atom is -0.380 e. The Hall–Kier alpha value is -3.50. The number of nitrogens with zero attached hydrogens (tertiary/aromatic N) is 4. The second-order valence-electron chi connectivity index (χ2n) is 7.40. The zero-order valence-corrected chi connectivity index (χ0v) is 18.4. The summed E-state index contributed by atoms with van der Waals surface area (Å²) in [5, 5.41) is 4.93. The van der Waals surface area contributed by atoms with Gasteiger partial charge in [-0.25, -0.2) is 4.98 Å². The number of hydrogen-bond acceptors (Lipinski definition) is 6. The van der Waals surface area contributed by atoms with Gasteiger partial charge in [0.15, 0.2) is 0 Å². The summed E-state index contributed by atoms with van der Waals surface area (Å²) in [6, 6.07) is 10.5. The van der Waals surface area contributed by atoms with Crippen LogP contribution < -0.4 is 0 Å². The van der Waals surface area contributed by atoms with E-state index in [-0.39, 0.29) is 11.7 Å². The van der Waals surface area contributed by atoms with Crippen molar-refractivity contribution in [2.75, 3.05) is 7.11 Å². The first-order valence-electron chi connectivity index (χ1n) is 9.92. The van der Waals surface area contributed by atoms with Crippen LogP contribution in [0.15, 0.2) is 59.4 Å². The zero-order chi connectivity index (χ0) is 23.2. The van der Waals surface area contributed by atoms with Crippen LogP contribution in [0.2, 0.25) is 0 Å². The Kier molecular flexibility index (Phi) is 5.26. The lowest BCUT2D eigenvalue weighted by atomic mass is 10.1. The Morgan fingerprint density at radius 3 is 2.48 bits per heavy atom. The molecule has 0 saturated carbocycles. The molecule has 0 fully saturated rings. The predicted octanol–water partition coefficient (Wildman–Crippen LogP) is 6.28. The molecule has 168 valence electrons. The van der Waals surface area contributed by atoms with Crippen molar-refractivity contribution in [3.05, 3.63) is 71.7 Å². The fourth-order valence-corrected chi connectivity index (χ4v) is 4.87. The molecule has 5 aromatic rings. The first-order chi connectivity index (χ1) is 15.8. The van der Waals surface area contributed by atoms with Crippen LogP contribution in [-0.2, 0) is 17.5 Å². The molecule has 0 spiro atoms. The van der Waals surface area contributed by atoms with E-state index < -0.39 is 11.7 Å². The minimum atomic E-state index is -4.41. The SMILES string of the molecule is COCc1cc(C)nc2sc(-c3nc(-c4ccc(C(F)(F)F)cc4)no3)c(-n3cccc3)c12. The molecule has 0 N–H and O–H groups in total. The third-order valence-corrected chi connectivity index (χ3v) is 6.16. The van der Waals surface area contributed by atoms with Gasteiger partial charge in [0.2, 0.25) is 5.82 Å². The van der Waals surface area contributed by atoms with Crippen LogP contribution in [0.25, 0.3) is 38.1 Å². The number of alkyl halides is 3. The highest BCUT2D eigenvalue weighted by Gasteiger charge is 2.30. The number of halogens is 3. The quantitative estimate of drug-likeness (QED) is 0.303. The maximum absolute atomic E-state index is 12.9. The van der Waals surface area contributed by atoms with Gasteiger partial charge < -0.3 is 13.8 Å². The van der Waals surface area contributed by atoms with Crippen LogP contribution in [0.5, 0.6) is 0 Å². The van der Waals surface area contributed by atoms with Gasteiger partial charge in [0.1, 0.15) is 9.71 Å². The summed E-state index contributed by atoms with van der Waals surface area (Å²) in [6.07, 6.45) is -0.585. The molecule has 6 nitrogen and oxygen atoms in total. The van der Waals surface area contributed by atoms with Gasteiger partial charge in [-0.1, -0.05) is 17.3 Å². The Morgan fingerprint density at radius 2 is 1.82 bits per heavy atom. The molecule has 1 aromatic carbocycles. The second-order valence-corrected chi connectivity index (χ2v) is 8.40. The van der Waals surface area contributed by atoms with Gasteiger partial charge in [-0.2, -0.15) is 18.2 Å². The van der Waals surface area contributed by atoms with Crippen molar-refractivity contribution in [1.29, 1.82) is 0 Å². The summed E-state index contributed by atoms with van der Waals surface area (Å²) < 4.78 is 51.6. The van der Waals surface area contributed by atoms with E-state index in [0.29, 0.717) is 17.0 Å². The topological polar surface area (TPSA) is 66.0 Å². The van der Waals surface area contributed by atoms with E-state index in [1.165, 1.54) is 23.5 Å². The van der Waals surface area contributed by atoms with Crippen molar-refractivity contribution in [1.82, 2.24) is 19.7 Å². The number of hydrogen-bond donors (Lipinski definition) is 0. The van der Waals surface area contributed by atoms with E-state index in [1.54, 1.807) is 7.11 Å². The molecule has 0 bridgehead atoms.